The molecule has 3 aromatic rings. The molecule has 7 nitrogen and oxygen atoms in total. The Balaban J connectivity index is 1.31. The molecule has 40 heavy (non-hydrogen) atoms. The van der Waals surface area contributed by atoms with E-state index in [0.717, 1.165) is 55.5 Å². The van der Waals surface area contributed by atoms with Gasteiger partial charge in [-0.3, -0.25) is 0 Å². The second-order valence-electron chi connectivity index (χ2n) is 11.3. The van der Waals surface area contributed by atoms with Gasteiger partial charge in [-0.05, 0) is 87.5 Å². The van der Waals surface area contributed by atoms with Gasteiger partial charge in [0.2, 0.25) is 0 Å². The van der Waals surface area contributed by atoms with Crippen molar-refractivity contribution in [1.29, 1.82) is 0 Å². The highest BCUT2D eigenvalue weighted by molar-refractivity contribution is 7.90. The lowest BCUT2D eigenvalue weighted by Gasteiger charge is -2.38. The Hall–Kier alpha value is -2.92. The molecule has 0 unspecified atom stereocenters. The fourth-order valence-corrected chi connectivity index (χ4v) is 6.57. The second kappa shape index (κ2) is 11.2. The van der Waals surface area contributed by atoms with E-state index >= 15 is 0 Å². The Labute approximate surface area is 233 Å². The number of rotatable bonds is 9. The van der Waals surface area contributed by atoms with Crippen LogP contribution in [0.15, 0.2) is 47.5 Å². The maximum absolute atomic E-state index is 13.2. The minimum absolute atomic E-state index is 0.211. The molecule has 2 fully saturated rings. The molecular weight excluding hydrogens is 541 g/mol. The highest BCUT2D eigenvalue weighted by Gasteiger charge is 2.34. The number of benzene rings is 2. The monoisotopic (exact) mass is 578 g/mol. The summed E-state index contributed by atoms with van der Waals surface area (Å²) in [4.78, 5) is 2.51. The van der Waals surface area contributed by atoms with E-state index in [9.17, 15) is 21.6 Å². The van der Waals surface area contributed by atoms with Crippen molar-refractivity contribution in [2.75, 3.05) is 50.7 Å². The lowest BCUT2D eigenvalue weighted by molar-refractivity contribution is -0.139. The van der Waals surface area contributed by atoms with Gasteiger partial charge in [-0.1, -0.05) is 6.07 Å². The zero-order chi connectivity index (χ0) is 28.7. The van der Waals surface area contributed by atoms with Crippen molar-refractivity contribution in [2.24, 2.45) is 5.92 Å². The van der Waals surface area contributed by atoms with E-state index in [4.69, 9.17) is 4.74 Å². The summed E-state index contributed by atoms with van der Waals surface area (Å²) < 4.78 is 70.1. The number of nitrogens with zero attached hydrogens (tertiary/aromatic N) is 2. The molecule has 218 valence electrons. The van der Waals surface area contributed by atoms with Gasteiger partial charge in [-0.2, -0.15) is 13.2 Å². The Morgan fingerprint density at radius 2 is 1.80 bits per heavy atom. The van der Waals surface area contributed by atoms with E-state index in [-0.39, 0.29) is 10.9 Å². The predicted molar refractivity (Wildman–Crippen MR) is 152 cm³/mol. The summed E-state index contributed by atoms with van der Waals surface area (Å²) in [5.41, 5.74) is 3.49. The molecule has 0 amide bonds. The van der Waals surface area contributed by atoms with Gasteiger partial charge >= 0.3 is 6.18 Å². The van der Waals surface area contributed by atoms with Gasteiger partial charge in [0, 0.05) is 42.2 Å². The number of piperidine rings is 1. The number of fused-ring (bicyclic) bond motifs is 1. The third-order valence-electron chi connectivity index (χ3n) is 8.26. The molecule has 1 aliphatic carbocycles. The SMILES string of the molecule is COc1cc(S(C)(=O)=O)ccc1NCC1CC(c2ccc3c(ccn3CC(F)(F)F)c2NC2CCN(C)CC2)C1. The second-order valence-corrected chi connectivity index (χ2v) is 13.3. The molecule has 5 rings (SSSR count). The van der Waals surface area contributed by atoms with Gasteiger partial charge in [0.05, 0.1) is 23.2 Å². The molecule has 2 aliphatic rings. The highest BCUT2D eigenvalue weighted by Crippen LogP contribution is 2.47. The molecule has 1 aliphatic heterocycles. The van der Waals surface area contributed by atoms with Crippen LogP contribution in [-0.4, -0.2) is 70.2 Å². The number of halogens is 3. The van der Waals surface area contributed by atoms with Crippen molar-refractivity contribution in [1.82, 2.24) is 9.47 Å². The van der Waals surface area contributed by atoms with Crippen molar-refractivity contribution in [2.45, 2.75) is 55.3 Å². The lowest BCUT2D eigenvalue weighted by atomic mass is 9.70. The Kier molecular flexibility index (Phi) is 7.98. The van der Waals surface area contributed by atoms with E-state index in [2.05, 4.69) is 22.6 Å². The number of hydrogen-bond acceptors (Lipinski definition) is 6. The van der Waals surface area contributed by atoms with E-state index in [0.29, 0.717) is 29.6 Å². The maximum Gasteiger partial charge on any atom is 0.406 e. The fourth-order valence-electron chi connectivity index (χ4n) is 5.94. The summed E-state index contributed by atoms with van der Waals surface area (Å²) in [5.74, 6) is 1.20. The van der Waals surface area contributed by atoms with Crippen LogP contribution in [0.5, 0.6) is 5.75 Å². The van der Waals surface area contributed by atoms with Gasteiger partial charge < -0.3 is 24.8 Å². The number of alkyl halides is 3. The van der Waals surface area contributed by atoms with Gasteiger partial charge in [-0.25, -0.2) is 8.42 Å². The van der Waals surface area contributed by atoms with Crippen molar-refractivity contribution in [3.8, 4) is 5.75 Å². The van der Waals surface area contributed by atoms with Crippen LogP contribution in [0.4, 0.5) is 24.5 Å². The lowest BCUT2D eigenvalue weighted by Crippen LogP contribution is -2.37. The quantitative estimate of drug-likeness (QED) is 0.338. The summed E-state index contributed by atoms with van der Waals surface area (Å²) in [6.45, 7) is 1.69. The van der Waals surface area contributed by atoms with Crippen LogP contribution in [0.25, 0.3) is 10.9 Å². The average molecular weight is 579 g/mol. The molecule has 0 radical (unpaired) electrons. The van der Waals surface area contributed by atoms with Crippen LogP contribution >= 0.6 is 0 Å². The van der Waals surface area contributed by atoms with E-state index < -0.39 is 22.6 Å². The van der Waals surface area contributed by atoms with Crippen molar-refractivity contribution in [3.63, 3.8) is 0 Å². The topological polar surface area (TPSA) is 75.6 Å². The van der Waals surface area contributed by atoms with Gasteiger partial charge in [-0.15, -0.1) is 0 Å². The fraction of sp³-hybridized carbons (Fsp3) is 0.517. The normalized spacial score (nSPS) is 20.9. The Morgan fingerprint density at radius 1 is 1.07 bits per heavy atom. The Bertz CT molecular complexity index is 1460. The number of likely N-dealkylation sites (tertiary alicyclic amines) is 1. The number of methoxy groups -OCH3 is 1. The van der Waals surface area contributed by atoms with Crippen molar-refractivity contribution >= 4 is 32.1 Å². The minimum Gasteiger partial charge on any atom is -0.495 e. The maximum atomic E-state index is 13.2. The van der Waals surface area contributed by atoms with Gasteiger partial charge in [0.15, 0.2) is 9.84 Å². The smallest absolute Gasteiger partial charge is 0.406 e. The zero-order valence-electron chi connectivity index (χ0n) is 23.1. The molecule has 0 spiro atoms. The molecule has 0 atom stereocenters. The van der Waals surface area contributed by atoms with Crippen LogP contribution in [-0.2, 0) is 16.4 Å². The first-order valence-electron chi connectivity index (χ1n) is 13.7. The first kappa shape index (κ1) is 28.6. The van der Waals surface area contributed by atoms with Crippen LogP contribution in [0.3, 0.4) is 0 Å². The van der Waals surface area contributed by atoms with E-state index in [1.165, 1.54) is 35.8 Å². The van der Waals surface area contributed by atoms with E-state index in [1.54, 1.807) is 12.1 Å². The molecule has 0 bridgehead atoms. The van der Waals surface area contributed by atoms with E-state index in [1.807, 2.05) is 18.2 Å². The number of sulfone groups is 1. The van der Waals surface area contributed by atoms with Crippen LogP contribution in [0, 0.1) is 5.92 Å². The molecule has 2 heterocycles. The summed E-state index contributed by atoms with van der Waals surface area (Å²) in [5, 5.41) is 7.99. The summed E-state index contributed by atoms with van der Waals surface area (Å²) >= 11 is 0. The summed E-state index contributed by atoms with van der Waals surface area (Å²) in [7, 11) is 0.297. The number of nitrogens with one attached hydrogen (secondary N) is 2. The molecule has 2 aromatic carbocycles. The van der Waals surface area contributed by atoms with Crippen molar-refractivity contribution in [3.05, 3.63) is 48.2 Å². The number of hydrogen-bond donors (Lipinski definition) is 2. The number of aromatic nitrogens is 1. The van der Waals surface area contributed by atoms with Crippen LogP contribution < -0.4 is 15.4 Å². The third-order valence-corrected chi connectivity index (χ3v) is 9.37. The third kappa shape index (κ3) is 6.35. The highest BCUT2D eigenvalue weighted by atomic mass is 32.2. The molecule has 1 saturated heterocycles. The average Bonchev–Trinajstić information content (AvgIpc) is 3.26. The van der Waals surface area contributed by atoms with Crippen molar-refractivity contribution < 1.29 is 26.3 Å². The zero-order valence-corrected chi connectivity index (χ0v) is 23.9. The molecule has 1 aromatic heterocycles. The van der Waals surface area contributed by atoms with Gasteiger partial charge in [0.1, 0.15) is 12.3 Å². The Morgan fingerprint density at radius 3 is 2.45 bits per heavy atom. The standard InChI is InChI=1S/C29H37F3N4O3S/c1-35-11-8-21(9-12-35)34-28-23(5-7-26-24(28)10-13-36(26)18-29(30,31)32)20-14-19(15-20)17-33-25-6-4-22(40(3,37)38)16-27(25)39-2/h4-7,10,13,16,19-21,33-34H,8-9,11-12,14-15,17-18H2,1-3H3. The first-order chi connectivity index (χ1) is 18.9. The van der Waals surface area contributed by atoms with Gasteiger partial charge in [0.25, 0.3) is 0 Å². The number of ether oxygens (including phenoxy) is 1. The summed E-state index contributed by atoms with van der Waals surface area (Å²) in [6.07, 6.45) is 2.31. The molecule has 1 saturated carbocycles. The van der Waals surface area contributed by atoms with Crippen LogP contribution in [0.2, 0.25) is 0 Å². The minimum atomic E-state index is -4.28. The molecular formula is C29H37F3N4O3S. The van der Waals surface area contributed by atoms with Crippen LogP contribution in [0.1, 0.15) is 37.2 Å². The summed E-state index contributed by atoms with van der Waals surface area (Å²) in [6, 6.07) is 10.8. The molecule has 2 N–H and O–H groups in total. The first-order valence-corrected chi connectivity index (χ1v) is 15.6. The molecule has 11 heteroatoms. The number of anilines is 2. The predicted octanol–water partition coefficient (Wildman–Crippen LogP) is 5.73. The largest absolute Gasteiger partial charge is 0.495 e.